The average molecular weight is 290 g/mol. The molecule has 20 heavy (non-hydrogen) atoms. The number of carbonyl (C=O) groups excluding carboxylic acids is 1. The summed E-state index contributed by atoms with van der Waals surface area (Å²) in [7, 11) is 0. The molecule has 0 saturated heterocycles. The minimum absolute atomic E-state index is 0.246. The van der Waals surface area contributed by atoms with Crippen LogP contribution in [0.2, 0.25) is 0 Å². The third-order valence-electron chi connectivity index (χ3n) is 2.60. The molecule has 1 atom stereocenters. The first-order valence-corrected chi connectivity index (χ1v) is 6.14. The van der Waals surface area contributed by atoms with Gasteiger partial charge in [0.05, 0.1) is 0 Å². The first kappa shape index (κ1) is 16.3. The predicted molar refractivity (Wildman–Crippen MR) is 68.2 cm³/mol. The molecular formula is C13H17F3N2O2. The lowest BCUT2D eigenvalue weighted by Gasteiger charge is -2.15. The van der Waals surface area contributed by atoms with Crippen LogP contribution in [0.5, 0.6) is 5.75 Å². The number of rotatable bonds is 6. The highest BCUT2D eigenvalue weighted by atomic mass is 19.4. The molecule has 0 spiro atoms. The van der Waals surface area contributed by atoms with E-state index in [0.29, 0.717) is 12.2 Å². The van der Waals surface area contributed by atoms with E-state index in [2.05, 4.69) is 0 Å². The summed E-state index contributed by atoms with van der Waals surface area (Å²) in [5, 5.41) is 1.74. The zero-order valence-electron chi connectivity index (χ0n) is 11.0. The third-order valence-corrected chi connectivity index (χ3v) is 2.60. The van der Waals surface area contributed by atoms with Crippen molar-refractivity contribution in [2.75, 3.05) is 13.2 Å². The minimum Gasteiger partial charge on any atom is -0.483 e. The van der Waals surface area contributed by atoms with Crippen LogP contribution in [0, 0.1) is 0 Å². The Hall–Kier alpha value is -1.76. The van der Waals surface area contributed by atoms with E-state index in [0.717, 1.165) is 5.56 Å². The van der Waals surface area contributed by atoms with Gasteiger partial charge in [-0.05, 0) is 12.5 Å². The number of nitrogens with two attached hydrogens (primary N) is 1. The summed E-state index contributed by atoms with van der Waals surface area (Å²) >= 11 is 0. The van der Waals surface area contributed by atoms with E-state index in [1.54, 1.807) is 29.6 Å². The highest BCUT2D eigenvalue weighted by molar-refractivity contribution is 5.77. The van der Waals surface area contributed by atoms with E-state index >= 15 is 0 Å². The predicted octanol–water partition coefficient (Wildman–Crippen LogP) is 2.15. The first-order chi connectivity index (χ1) is 9.33. The molecule has 112 valence electrons. The molecule has 1 amide bonds. The molecule has 3 N–H and O–H groups in total. The van der Waals surface area contributed by atoms with Gasteiger partial charge in [-0.15, -0.1) is 0 Å². The average Bonchev–Trinajstić information content (AvgIpc) is 2.41. The highest BCUT2D eigenvalue weighted by Gasteiger charge is 2.27. The largest absolute Gasteiger partial charge is 0.483 e. The van der Waals surface area contributed by atoms with Crippen LogP contribution in [0.3, 0.4) is 0 Å². The Labute approximate surface area is 115 Å². The molecule has 0 heterocycles. The third kappa shape index (κ3) is 5.48. The van der Waals surface area contributed by atoms with Crippen molar-refractivity contribution >= 4 is 5.91 Å². The molecule has 0 fully saturated rings. The summed E-state index contributed by atoms with van der Waals surface area (Å²) in [5.41, 5.74) is 6.61. The fraction of sp³-hybridized carbons (Fsp3) is 0.462. The molecule has 1 aromatic carbocycles. The van der Waals surface area contributed by atoms with E-state index in [4.69, 9.17) is 10.5 Å². The number of nitrogens with one attached hydrogen (secondary N) is 1. The molecule has 0 aliphatic rings. The number of para-hydroxylation sites is 1. The van der Waals surface area contributed by atoms with E-state index < -0.39 is 25.2 Å². The van der Waals surface area contributed by atoms with Crippen molar-refractivity contribution in [3.05, 3.63) is 29.8 Å². The first-order valence-electron chi connectivity index (χ1n) is 6.14. The van der Waals surface area contributed by atoms with Crippen molar-refractivity contribution < 1.29 is 22.7 Å². The van der Waals surface area contributed by atoms with Crippen molar-refractivity contribution in [2.45, 2.75) is 25.6 Å². The van der Waals surface area contributed by atoms with Gasteiger partial charge < -0.3 is 15.8 Å². The summed E-state index contributed by atoms with van der Waals surface area (Å²) in [4.78, 5) is 11.2. The smallest absolute Gasteiger partial charge is 0.405 e. The fourth-order valence-corrected chi connectivity index (χ4v) is 1.53. The van der Waals surface area contributed by atoms with Crippen molar-refractivity contribution in [2.24, 2.45) is 5.73 Å². The van der Waals surface area contributed by atoms with Gasteiger partial charge in [-0.2, -0.15) is 13.2 Å². The van der Waals surface area contributed by atoms with Crippen LogP contribution in [0.15, 0.2) is 24.3 Å². The minimum atomic E-state index is -4.43. The number of hydrogen-bond donors (Lipinski definition) is 2. The Kier molecular flexibility index (Phi) is 5.82. The Morgan fingerprint density at radius 3 is 2.65 bits per heavy atom. The van der Waals surface area contributed by atoms with Gasteiger partial charge in [0.15, 0.2) is 6.61 Å². The van der Waals surface area contributed by atoms with E-state index in [1.165, 1.54) is 0 Å². The topological polar surface area (TPSA) is 64.3 Å². The molecular weight excluding hydrogens is 273 g/mol. The summed E-state index contributed by atoms with van der Waals surface area (Å²) in [6.07, 6.45) is -3.75. The molecule has 0 bridgehead atoms. The van der Waals surface area contributed by atoms with Crippen molar-refractivity contribution in [1.29, 1.82) is 0 Å². The van der Waals surface area contributed by atoms with E-state index in [-0.39, 0.29) is 6.04 Å². The number of benzene rings is 1. The summed E-state index contributed by atoms with van der Waals surface area (Å²) in [6.45, 7) is 0.0479. The molecule has 0 radical (unpaired) electrons. The monoisotopic (exact) mass is 290 g/mol. The summed E-state index contributed by atoms with van der Waals surface area (Å²) in [5.74, 6) is -0.425. The standard InChI is InChI=1S/C13H17F3N2O2/c1-2-10(17)9-5-3-4-6-11(9)20-7-12(19)18-8-13(14,15)16/h3-6,10H,2,7-8,17H2,1H3,(H,18,19). The Morgan fingerprint density at radius 2 is 2.05 bits per heavy atom. The fourth-order valence-electron chi connectivity index (χ4n) is 1.53. The summed E-state index contributed by atoms with van der Waals surface area (Å²) < 4.78 is 41.0. The Bertz CT molecular complexity index is 449. The number of alkyl halides is 3. The molecule has 1 aromatic rings. The second kappa shape index (κ2) is 7.14. The van der Waals surface area contributed by atoms with Gasteiger partial charge in [-0.3, -0.25) is 4.79 Å². The molecule has 0 aliphatic heterocycles. The normalized spacial score (nSPS) is 12.8. The summed E-state index contributed by atoms with van der Waals surface area (Å²) in [6, 6.07) is 6.62. The quantitative estimate of drug-likeness (QED) is 0.843. The van der Waals surface area contributed by atoms with Gasteiger partial charge in [-0.25, -0.2) is 0 Å². The molecule has 1 rings (SSSR count). The van der Waals surface area contributed by atoms with Crippen molar-refractivity contribution in [3.8, 4) is 5.75 Å². The van der Waals surface area contributed by atoms with E-state index in [9.17, 15) is 18.0 Å². The van der Waals surface area contributed by atoms with Crippen molar-refractivity contribution in [3.63, 3.8) is 0 Å². The number of amides is 1. The maximum absolute atomic E-state index is 11.9. The van der Waals surface area contributed by atoms with Crippen LogP contribution < -0.4 is 15.8 Å². The Morgan fingerprint density at radius 1 is 1.40 bits per heavy atom. The lowest BCUT2D eigenvalue weighted by Crippen LogP contribution is -2.36. The Balaban J connectivity index is 2.55. The van der Waals surface area contributed by atoms with Gasteiger partial charge >= 0.3 is 6.18 Å². The highest BCUT2D eigenvalue weighted by Crippen LogP contribution is 2.25. The number of hydrogen-bond acceptors (Lipinski definition) is 3. The molecule has 4 nitrogen and oxygen atoms in total. The lowest BCUT2D eigenvalue weighted by molar-refractivity contribution is -0.139. The molecule has 1 unspecified atom stereocenters. The maximum Gasteiger partial charge on any atom is 0.405 e. The number of ether oxygens (including phenoxy) is 1. The molecule has 0 saturated carbocycles. The van der Waals surface area contributed by atoms with Crippen LogP contribution in [-0.2, 0) is 4.79 Å². The van der Waals surface area contributed by atoms with Crippen LogP contribution in [0.4, 0.5) is 13.2 Å². The van der Waals surface area contributed by atoms with Crippen LogP contribution in [0.1, 0.15) is 24.9 Å². The zero-order valence-corrected chi connectivity index (χ0v) is 11.0. The number of carbonyl (C=O) groups is 1. The second-order valence-corrected chi connectivity index (χ2v) is 4.23. The molecule has 7 heteroatoms. The molecule has 0 aromatic heterocycles. The van der Waals surface area contributed by atoms with Crippen LogP contribution in [-0.4, -0.2) is 25.2 Å². The zero-order chi connectivity index (χ0) is 15.2. The second-order valence-electron chi connectivity index (χ2n) is 4.23. The van der Waals surface area contributed by atoms with Crippen LogP contribution in [0.25, 0.3) is 0 Å². The van der Waals surface area contributed by atoms with Gasteiger partial charge in [0.1, 0.15) is 12.3 Å². The maximum atomic E-state index is 11.9. The van der Waals surface area contributed by atoms with Gasteiger partial charge in [0.25, 0.3) is 5.91 Å². The van der Waals surface area contributed by atoms with Gasteiger partial charge in [0.2, 0.25) is 0 Å². The van der Waals surface area contributed by atoms with Gasteiger partial charge in [0, 0.05) is 11.6 Å². The van der Waals surface area contributed by atoms with E-state index in [1.807, 2.05) is 6.92 Å². The van der Waals surface area contributed by atoms with Crippen molar-refractivity contribution in [1.82, 2.24) is 5.32 Å². The van der Waals surface area contributed by atoms with Gasteiger partial charge in [-0.1, -0.05) is 25.1 Å². The number of halogens is 3. The molecule has 0 aliphatic carbocycles. The van der Waals surface area contributed by atoms with Crippen LogP contribution >= 0.6 is 0 Å². The SMILES string of the molecule is CCC(N)c1ccccc1OCC(=O)NCC(F)(F)F. The lowest BCUT2D eigenvalue weighted by atomic mass is 10.0.